The zero-order valence-corrected chi connectivity index (χ0v) is 13.9. The number of para-hydroxylation sites is 1. The lowest BCUT2D eigenvalue weighted by molar-refractivity contribution is -0.143. The molecule has 1 fully saturated rings. The second-order valence-corrected chi connectivity index (χ2v) is 6.33. The number of nitrogens with zero attached hydrogens (tertiary/aromatic N) is 2. The van der Waals surface area contributed by atoms with Gasteiger partial charge in [0.2, 0.25) is 5.91 Å². The van der Waals surface area contributed by atoms with Crippen molar-refractivity contribution >= 4 is 22.8 Å². The molecule has 1 aromatic heterocycles. The van der Waals surface area contributed by atoms with Crippen molar-refractivity contribution in [3.63, 3.8) is 0 Å². The number of carbonyl (C=O) groups excluding carboxylic acids is 1. The Morgan fingerprint density at radius 1 is 1.42 bits per heavy atom. The highest BCUT2D eigenvalue weighted by Gasteiger charge is 2.33. The quantitative estimate of drug-likeness (QED) is 0.912. The van der Waals surface area contributed by atoms with Crippen molar-refractivity contribution in [3.8, 4) is 0 Å². The molecule has 0 aliphatic carbocycles. The van der Waals surface area contributed by atoms with Crippen LogP contribution in [-0.2, 0) is 9.59 Å². The summed E-state index contributed by atoms with van der Waals surface area (Å²) in [7, 11) is 1.73. The van der Waals surface area contributed by atoms with E-state index in [-0.39, 0.29) is 18.5 Å². The van der Waals surface area contributed by atoms with Gasteiger partial charge in [0.25, 0.3) is 0 Å². The third kappa shape index (κ3) is 3.14. The molecule has 6 heteroatoms. The topological polar surface area (TPSA) is 74.0 Å². The molecule has 1 saturated heterocycles. The number of furan rings is 1. The van der Waals surface area contributed by atoms with Crippen LogP contribution in [0.5, 0.6) is 0 Å². The first-order valence-electron chi connectivity index (χ1n) is 8.18. The van der Waals surface area contributed by atoms with Crippen LogP contribution in [0.1, 0.15) is 31.6 Å². The number of hydrogen-bond acceptors (Lipinski definition) is 4. The summed E-state index contributed by atoms with van der Waals surface area (Å²) in [5.74, 6) is -0.229. The average Bonchev–Trinajstić information content (AvgIpc) is 3.19. The fourth-order valence-corrected chi connectivity index (χ4v) is 3.20. The maximum absolute atomic E-state index is 12.5. The van der Waals surface area contributed by atoms with Crippen molar-refractivity contribution in [3.05, 3.63) is 36.1 Å². The van der Waals surface area contributed by atoms with Gasteiger partial charge in [-0.1, -0.05) is 18.2 Å². The van der Waals surface area contributed by atoms with E-state index in [4.69, 9.17) is 4.42 Å². The summed E-state index contributed by atoms with van der Waals surface area (Å²) in [4.78, 5) is 27.1. The SMILES string of the molecule is C[C@@H](c1cc2ccccc2o1)N(C)C(=O)CN1CCC[C@@H]1C(=O)O. The fourth-order valence-electron chi connectivity index (χ4n) is 3.20. The summed E-state index contributed by atoms with van der Waals surface area (Å²) in [5, 5.41) is 10.2. The minimum atomic E-state index is -0.853. The van der Waals surface area contributed by atoms with E-state index >= 15 is 0 Å². The third-order valence-corrected chi connectivity index (χ3v) is 4.82. The van der Waals surface area contributed by atoms with Crippen LogP contribution >= 0.6 is 0 Å². The maximum Gasteiger partial charge on any atom is 0.320 e. The smallest absolute Gasteiger partial charge is 0.320 e. The highest BCUT2D eigenvalue weighted by atomic mass is 16.4. The number of fused-ring (bicyclic) bond motifs is 1. The number of hydrogen-bond donors (Lipinski definition) is 1. The molecule has 1 amide bonds. The van der Waals surface area contributed by atoms with Gasteiger partial charge in [0.1, 0.15) is 17.4 Å². The molecular formula is C18H22N2O4. The first kappa shape index (κ1) is 16.5. The van der Waals surface area contributed by atoms with Crippen molar-refractivity contribution in [2.45, 2.75) is 31.8 Å². The number of rotatable bonds is 5. The molecule has 1 aliphatic heterocycles. The fraction of sp³-hybridized carbons (Fsp3) is 0.444. The third-order valence-electron chi connectivity index (χ3n) is 4.82. The van der Waals surface area contributed by atoms with Crippen LogP contribution in [0.3, 0.4) is 0 Å². The summed E-state index contributed by atoms with van der Waals surface area (Å²) in [6.45, 7) is 2.68. The van der Waals surface area contributed by atoms with Gasteiger partial charge in [-0.2, -0.15) is 0 Å². The summed E-state index contributed by atoms with van der Waals surface area (Å²) in [5.41, 5.74) is 0.797. The van der Waals surface area contributed by atoms with E-state index in [0.29, 0.717) is 13.0 Å². The Morgan fingerprint density at radius 3 is 2.88 bits per heavy atom. The molecule has 0 unspecified atom stereocenters. The van der Waals surface area contributed by atoms with Gasteiger partial charge < -0.3 is 14.4 Å². The van der Waals surface area contributed by atoms with E-state index in [1.54, 1.807) is 16.8 Å². The molecule has 2 atom stereocenters. The predicted molar refractivity (Wildman–Crippen MR) is 89.6 cm³/mol. The molecule has 3 rings (SSSR count). The van der Waals surface area contributed by atoms with Crippen LogP contribution in [0.4, 0.5) is 0 Å². The van der Waals surface area contributed by atoms with Gasteiger partial charge in [-0.05, 0) is 38.4 Å². The summed E-state index contributed by atoms with van der Waals surface area (Å²) in [6, 6.07) is 8.90. The van der Waals surface area contributed by atoms with E-state index in [9.17, 15) is 14.7 Å². The van der Waals surface area contributed by atoms with E-state index in [1.807, 2.05) is 37.3 Å². The lowest BCUT2D eigenvalue weighted by Crippen LogP contribution is -2.44. The van der Waals surface area contributed by atoms with Gasteiger partial charge in [-0.15, -0.1) is 0 Å². The van der Waals surface area contributed by atoms with Crippen molar-refractivity contribution in [2.75, 3.05) is 20.1 Å². The van der Waals surface area contributed by atoms with Crippen LogP contribution in [0.25, 0.3) is 11.0 Å². The molecule has 6 nitrogen and oxygen atoms in total. The monoisotopic (exact) mass is 330 g/mol. The standard InChI is InChI=1S/C18H22N2O4/c1-12(16-10-13-6-3-4-8-15(13)24-16)19(2)17(21)11-20-9-5-7-14(20)18(22)23/h3-4,6,8,10,12,14H,5,7,9,11H2,1-2H3,(H,22,23)/t12-,14+/m0/s1. The first-order valence-corrected chi connectivity index (χ1v) is 8.18. The number of likely N-dealkylation sites (tertiary alicyclic amines) is 1. The number of carboxylic acids is 1. The molecule has 1 aliphatic rings. The number of aliphatic carboxylic acids is 1. The van der Waals surface area contributed by atoms with E-state index < -0.39 is 12.0 Å². The highest BCUT2D eigenvalue weighted by Crippen LogP contribution is 2.27. The molecular weight excluding hydrogens is 308 g/mol. The number of amides is 1. The molecule has 0 radical (unpaired) electrons. The Labute approximate surface area is 140 Å². The van der Waals surface area contributed by atoms with Crippen molar-refractivity contribution < 1.29 is 19.1 Å². The number of carboxylic acid groups (broad SMARTS) is 1. The van der Waals surface area contributed by atoms with E-state index in [1.165, 1.54) is 0 Å². The molecule has 0 bridgehead atoms. The van der Waals surface area contributed by atoms with Gasteiger partial charge >= 0.3 is 5.97 Å². The van der Waals surface area contributed by atoms with Crippen LogP contribution in [0, 0.1) is 0 Å². The molecule has 1 N–H and O–H groups in total. The molecule has 128 valence electrons. The van der Waals surface area contributed by atoms with Crippen LogP contribution in [0.2, 0.25) is 0 Å². The van der Waals surface area contributed by atoms with Gasteiger partial charge in [0, 0.05) is 12.4 Å². The molecule has 0 spiro atoms. The Kier molecular flexibility index (Phi) is 4.57. The second kappa shape index (κ2) is 6.65. The largest absolute Gasteiger partial charge is 0.480 e. The normalized spacial score (nSPS) is 19.5. The molecule has 2 aromatic rings. The number of carbonyl (C=O) groups is 2. The number of likely N-dealkylation sites (N-methyl/N-ethyl adjacent to an activating group) is 1. The Balaban J connectivity index is 1.69. The summed E-state index contributed by atoms with van der Waals surface area (Å²) < 4.78 is 5.83. The van der Waals surface area contributed by atoms with Gasteiger partial charge in [-0.3, -0.25) is 14.5 Å². The van der Waals surface area contributed by atoms with Crippen molar-refractivity contribution in [2.24, 2.45) is 0 Å². The average molecular weight is 330 g/mol. The predicted octanol–water partition coefficient (Wildman–Crippen LogP) is 2.50. The zero-order valence-electron chi connectivity index (χ0n) is 13.9. The van der Waals surface area contributed by atoms with Crippen molar-refractivity contribution in [1.82, 2.24) is 9.80 Å². The Hall–Kier alpha value is -2.34. The molecule has 24 heavy (non-hydrogen) atoms. The summed E-state index contributed by atoms with van der Waals surface area (Å²) in [6.07, 6.45) is 1.42. The molecule has 0 saturated carbocycles. The Bertz CT molecular complexity index is 721. The van der Waals surface area contributed by atoms with Crippen LogP contribution in [0.15, 0.2) is 34.7 Å². The highest BCUT2D eigenvalue weighted by molar-refractivity contribution is 5.81. The first-order chi connectivity index (χ1) is 11.5. The zero-order chi connectivity index (χ0) is 17.3. The lowest BCUT2D eigenvalue weighted by Gasteiger charge is -2.27. The van der Waals surface area contributed by atoms with Gasteiger partial charge in [0.05, 0.1) is 12.6 Å². The maximum atomic E-state index is 12.5. The van der Waals surface area contributed by atoms with Gasteiger partial charge in [0.15, 0.2) is 0 Å². The molecule has 2 heterocycles. The van der Waals surface area contributed by atoms with E-state index in [2.05, 4.69) is 0 Å². The minimum absolute atomic E-state index is 0.101. The van der Waals surface area contributed by atoms with Crippen molar-refractivity contribution in [1.29, 1.82) is 0 Å². The minimum Gasteiger partial charge on any atom is -0.480 e. The lowest BCUT2D eigenvalue weighted by atomic mass is 10.2. The molecule has 1 aromatic carbocycles. The van der Waals surface area contributed by atoms with Crippen LogP contribution < -0.4 is 0 Å². The van der Waals surface area contributed by atoms with E-state index in [0.717, 1.165) is 23.2 Å². The van der Waals surface area contributed by atoms with Crippen LogP contribution in [-0.4, -0.2) is 53.0 Å². The Morgan fingerprint density at radius 2 is 2.17 bits per heavy atom. The number of benzene rings is 1. The second-order valence-electron chi connectivity index (χ2n) is 6.33. The summed E-state index contributed by atoms with van der Waals surface area (Å²) >= 11 is 0. The van der Waals surface area contributed by atoms with Gasteiger partial charge in [-0.25, -0.2) is 0 Å².